The Hall–Kier alpha value is -1.59. The fourth-order valence-corrected chi connectivity index (χ4v) is 1.54. The van der Waals surface area contributed by atoms with Gasteiger partial charge in [-0.15, -0.1) is 0 Å². The van der Waals surface area contributed by atoms with Crippen molar-refractivity contribution in [2.45, 2.75) is 39.4 Å². The molecule has 1 aromatic rings. The highest BCUT2D eigenvalue weighted by atomic mass is 16.7. The lowest BCUT2D eigenvalue weighted by Crippen LogP contribution is -2.34. The normalized spacial score (nSPS) is 12.9. The Morgan fingerprint density at radius 1 is 1.42 bits per heavy atom. The number of benzene rings is 1. The zero-order valence-electron chi connectivity index (χ0n) is 11.9. The van der Waals surface area contributed by atoms with E-state index in [2.05, 4.69) is 5.48 Å². The molecule has 1 unspecified atom stereocenters. The van der Waals surface area contributed by atoms with Crippen molar-refractivity contribution in [1.82, 2.24) is 5.48 Å². The summed E-state index contributed by atoms with van der Waals surface area (Å²) >= 11 is 0. The van der Waals surface area contributed by atoms with E-state index in [1.807, 2.05) is 31.2 Å². The van der Waals surface area contributed by atoms with E-state index in [0.717, 1.165) is 11.1 Å². The molecule has 106 valence electrons. The number of carbonyl (C=O) groups excluding carboxylic acids is 1. The first kappa shape index (κ1) is 15.5. The maximum absolute atomic E-state index is 11.5. The maximum Gasteiger partial charge on any atom is 0.431 e. The summed E-state index contributed by atoms with van der Waals surface area (Å²) in [6.45, 7) is 7.60. The van der Waals surface area contributed by atoms with Crippen molar-refractivity contribution in [3.05, 3.63) is 35.4 Å². The van der Waals surface area contributed by atoms with E-state index in [0.29, 0.717) is 0 Å². The topological polar surface area (TPSA) is 73.6 Å². The van der Waals surface area contributed by atoms with Gasteiger partial charge < -0.3 is 10.5 Å². The molecule has 3 N–H and O–H groups in total. The molecule has 0 bridgehead atoms. The Morgan fingerprint density at radius 3 is 2.63 bits per heavy atom. The van der Waals surface area contributed by atoms with Crippen LogP contribution in [0.15, 0.2) is 24.3 Å². The number of aryl methyl sites for hydroxylation is 1. The Kier molecular flexibility index (Phi) is 5.32. The number of carbonyl (C=O) groups is 1. The van der Waals surface area contributed by atoms with E-state index in [-0.39, 0.29) is 6.54 Å². The Morgan fingerprint density at radius 2 is 2.11 bits per heavy atom. The van der Waals surface area contributed by atoms with Gasteiger partial charge in [-0.05, 0) is 33.3 Å². The molecule has 1 atom stereocenters. The summed E-state index contributed by atoms with van der Waals surface area (Å²) in [6.07, 6.45) is -1.02. The van der Waals surface area contributed by atoms with Crippen LogP contribution < -0.4 is 11.2 Å². The van der Waals surface area contributed by atoms with Gasteiger partial charge in [0, 0.05) is 6.54 Å². The molecular formula is C14H22N2O3. The number of ether oxygens (including phenoxy) is 1. The van der Waals surface area contributed by atoms with Crippen LogP contribution in [0.5, 0.6) is 0 Å². The van der Waals surface area contributed by atoms with Crippen LogP contribution in [0.4, 0.5) is 4.79 Å². The first-order valence-corrected chi connectivity index (χ1v) is 6.23. The maximum atomic E-state index is 11.5. The Bertz CT molecular complexity index is 427. The average Bonchev–Trinajstić information content (AvgIpc) is 2.27. The number of nitrogens with one attached hydrogen (secondary N) is 1. The highest BCUT2D eigenvalue weighted by Gasteiger charge is 2.18. The lowest BCUT2D eigenvalue weighted by molar-refractivity contribution is -0.0403. The molecule has 1 rings (SSSR count). The minimum atomic E-state index is -0.626. The van der Waals surface area contributed by atoms with Gasteiger partial charge in [0.2, 0.25) is 0 Å². The fourth-order valence-electron chi connectivity index (χ4n) is 1.54. The second-order valence-corrected chi connectivity index (χ2v) is 5.36. The Labute approximate surface area is 114 Å². The van der Waals surface area contributed by atoms with Crippen molar-refractivity contribution in [3.63, 3.8) is 0 Å². The third-order valence-corrected chi connectivity index (χ3v) is 2.31. The molecular weight excluding hydrogens is 244 g/mol. The van der Waals surface area contributed by atoms with E-state index < -0.39 is 17.8 Å². The highest BCUT2D eigenvalue weighted by Crippen LogP contribution is 2.16. The molecule has 5 heteroatoms. The van der Waals surface area contributed by atoms with Crippen LogP contribution in [0.25, 0.3) is 0 Å². The molecule has 0 fully saturated rings. The molecule has 0 aliphatic heterocycles. The summed E-state index contributed by atoms with van der Waals surface area (Å²) in [6, 6.07) is 7.78. The summed E-state index contributed by atoms with van der Waals surface area (Å²) in [5, 5.41) is 0. The summed E-state index contributed by atoms with van der Waals surface area (Å²) in [5.41, 5.74) is 9.38. The van der Waals surface area contributed by atoms with Gasteiger partial charge in [-0.25, -0.2) is 4.79 Å². The van der Waals surface area contributed by atoms with Crippen LogP contribution >= 0.6 is 0 Å². The van der Waals surface area contributed by atoms with Crippen molar-refractivity contribution in [3.8, 4) is 0 Å². The number of hydrogen-bond donors (Lipinski definition) is 2. The van der Waals surface area contributed by atoms with Crippen molar-refractivity contribution in [2.24, 2.45) is 5.73 Å². The lowest BCUT2D eigenvalue weighted by Gasteiger charge is -2.21. The predicted octanol–water partition coefficient (Wildman–Crippen LogP) is 2.45. The quantitative estimate of drug-likeness (QED) is 0.821. The molecule has 0 heterocycles. The van der Waals surface area contributed by atoms with Crippen molar-refractivity contribution in [2.75, 3.05) is 6.54 Å². The average molecular weight is 266 g/mol. The summed E-state index contributed by atoms with van der Waals surface area (Å²) in [7, 11) is 0. The van der Waals surface area contributed by atoms with Crippen LogP contribution in [0, 0.1) is 6.92 Å². The molecule has 0 radical (unpaired) electrons. The van der Waals surface area contributed by atoms with Crippen LogP contribution in [0.3, 0.4) is 0 Å². The minimum absolute atomic E-state index is 0.263. The van der Waals surface area contributed by atoms with Crippen LogP contribution in [0.1, 0.15) is 38.0 Å². The van der Waals surface area contributed by atoms with Gasteiger partial charge in [0.25, 0.3) is 0 Å². The first-order valence-electron chi connectivity index (χ1n) is 6.23. The fraction of sp³-hybridized carbons (Fsp3) is 0.500. The van der Waals surface area contributed by atoms with Crippen LogP contribution in [0.2, 0.25) is 0 Å². The standard InChI is InChI=1S/C14H22N2O3/c1-10-6-5-7-11(8-10)12(9-15)19-16-13(17)18-14(2,3)4/h5-8,12H,9,15H2,1-4H3,(H,16,17). The van der Waals surface area contributed by atoms with Gasteiger partial charge in [0.15, 0.2) is 0 Å². The van der Waals surface area contributed by atoms with Gasteiger partial charge in [-0.1, -0.05) is 29.8 Å². The molecule has 0 saturated carbocycles. The zero-order chi connectivity index (χ0) is 14.5. The third-order valence-electron chi connectivity index (χ3n) is 2.31. The third kappa shape index (κ3) is 5.72. The van der Waals surface area contributed by atoms with Crippen molar-refractivity contribution in [1.29, 1.82) is 0 Å². The molecule has 0 aliphatic rings. The van der Waals surface area contributed by atoms with E-state index in [4.69, 9.17) is 15.3 Å². The van der Waals surface area contributed by atoms with E-state index in [1.165, 1.54) is 0 Å². The van der Waals surface area contributed by atoms with E-state index in [1.54, 1.807) is 20.8 Å². The number of amides is 1. The summed E-state index contributed by atoms with van der Waals surface area (Å²) in [4.78, 5) is 16.8. The van der Waals surface area contributed by atoms with Gasteiger partial charge in [0.05, 0.1) is 0 Å². The lowest BCUT2D eigenvalue weighted by atomic mass is 10.1. The van der Waals surface area contributed by atoms with Gasteiger partial charge >= 0.3 is 6.09 Å². The highest BCUT2D eigenvalue weighted by molar-refractivity contribution is 5.66. The molecule has 0 spiro atoms. The largest absolute Gasteiger partial charge is 0.442 e. The summed E-state index contributed by atoms with van der Waals surface area (Å²) in [5.74, 6) is 0. The first-order chi connectivity index (χ1) is 8.81. The van der Waals surface area contributed by atoms with Crippen LogP contribution in [-0.2, 0) is 9.57 Å². The molecule has 0 aromatic heterocycles. The number of hydroxylamine groups is 1. The predicted molar refractivity (Wildman–Crippen MR) is 73.4 cm³/mol. The smallest absolute Gasteiger partial charge is 0.431 e. The Balaban J connectivity index is 2.56. The van der Waals surface area contributed by atoms with Crippen molar-refractivity contribution < 1.29 is 14.4 Å². The minimum Gasteiger partial charge on any atom is -0.442 e. The second-order valence-electron chi connectivity index (χ2n) is 5.36. The van der Waals surface area contributed by atoms with E-state index >= 15 is 0 Å². The molecule has 0 aliphatic carbocycles. The molecule has 1 amide bonds. The zero-order valence-corrected chi connectivity index (χ0v) is 11.9. The SMILES string of the molecule is Cc1cccc(C(CN)ONC(=O)OC(C)(C)C)c1. The van der Waals surface area contributed by atoms with Gasteiger partial charge in [-0.3, -0.25) is 4.84 Å². The monoisotopic (exact) mass is 266 g/mol. The van der Waals surface area contributed by atoms with Crippen molar-refractivity contribution >= 4 is 6.09 Å². The van der Waals surface area contributed by atoms with Crippen LogP contribution in [-0.4, -0.2) is 18.2 Å². The number of nitrogens with two attached hydrogens (primary N) is 1. The number of hydrogen-bond acceptors (Lipinski definition) is 4. The number of rotatable bonds is 4. The summed E-state index contributed by atoms with van der Waals surface area (Å²) < 4.78 is 5.08. The second kappa shape index (κ2) is 6.54. The van der Waals surface area contributed by atoms with E-state index in [9.17, 15) is 4.79 Å². The van der Waals surface area contributed by atoms with Gasteiger partial charge in [-0.2, -0.15) is 5.48 Å². The molecule has 1 aromatic carbocycles. The molecule has 5 nitrogen and oxygen atoms in total. The van der Waals surface area contributed by atoms with Gasteiger partial charge in [0.1, 0.15) is 11.7 Å². The molecule has 0 saturated heterocycles. The molecule has 19 heavy (non-hydrogen) atoms.